The van der Waals surface area contributed by atoms with Gasteiger partial charge in [-0.15, -0.1) is 0 Å². The Morgan fingerprint density at radius 1 is 1.14 bits per heavy atom. The van der Waals surface area contributed by atoms with Crippen molar-refractivity contribution in [1.29, 1.82) is 0 Å². The van der Waals surface area contributed by atoms with Gasteiger partial charge in [-0.2, -0.15) is 0 Å². The molecule has 4 heteroatoms. The maximum atomic E-state index is 5.60. The largest absolute Gasteiger partial charge is 0.399 e. The van der Waals surface area contributed by atoms with Gasteiger partial charge in [0.1, 0.15) is 11.6 Å². The van der Waals surface area contributed by atoms with Crippen molar-refractivity contribution >= 4 is 11.5 Å². The first-order valence-corrected chi connectivity index (χ1v) is 4.34. The van der Waals surface area contributed by atoms with E-state index in [9.17, 15) is 0 Å². The number of aryl methyl sites for hydroxylation is 1. The average molecular weight is 188 g/mol. The molecule has 72 valence electrons. The Labute approximate surface area is 82.2 Å². The quantitative estimate of drug-likeness (QED) is 0.663. The molecule has 4 nitrogen and oxygen atoms in total. The van der Waals surface area contributed by atoms with Gasteiger partial charge < -0.3 is 16.0 Å². The molecule has 0 aliphatic rings. The third-order valence-corrected chi connectivity index (χ3v) is 2.07. The summed E-state index contributed by atoms with van der Waals surface area (Å²) in [4.78, 5) is 4.12. The number of nitrogen functional groups attached to an aromatic ring is 2. The Kier molecular flexibility index (Phi) is 1.89. The van der Waals surface area contributed by atoms with Gasteiger partial charge in [0.15, 0.2) is 0 Å². The summed E-state index contributed by atoms with van der Waals surface area (Å²) in [6.45, 7) is 1.91. The van der Waals surface area contributed by atoms with E-state index in [0.717, 1.165) is 17.2 Å². The number of benzene rings is 1. The summed E-state index contributed by atoms with van der Waals surface area (Å²) in [5.74, 6) is 1.39. The molecule has 0 fully saturated rings. The molecule has 0 saturated carbocycles. The first kappa shape index (κ1) is 8.62. The third-order valence-electron chi connectivity index (χ3n) is 2.07. The van der Waals surface area contributed by atoms with Gasteiger partial charge in [-0.25, -0.2) is 4.98 Å². The van der Waals surface area contributed by atoms with E-state index < -0.39 is 0 Å². The van der Waals surface area contributed by atoms with E-state index in [-0.39, 0.29) is 0 Å². The maximum Gasteiger partial charge on any atom is 0.142 e. The van der Waals surface area contributed by atoms with Crippen LogP contribution in [0.2, 0.25) is 0 Å². The summed E-state index contributed by atoms with van der Waals surface area (Å²) in [6.07, 6.45) is 1.79. The summed E-state index contributed by atoms with van der Waals surface area (Å²) in [6, 6.07) is 7.57. The predicted octanol–water partition coefficient (Wildman–Crippen LogP) is 1.35. The maximum absolute atomic E-state index is 5.60. The van der Waals surface area contributed by atoms with Crippen molar-refractivity contribution in [2.45, 2.75) is 6.92 Å². The lowest BCUT2D eigenvalue weighted by Gasteiger charge is -2.04. The summed E-state index contributed by atoms with van der Waals surface area (Å²) in [5.41, 5.74) is 13.0. The first-order valence-electron chi connectivity index (χ1n) is 4.34. The smallest absolute Gasteiger partial charge is 0.142 e. The second-order valence-corrected chi connectivity index (χ2v) is 3.17. The number of hydrogen-bond acceptors (Lipinski definition) is 3. The van der Waals surface area contributed by atoms with Crippen LogP contribution in [0.1, 0.15) is 5.82 Å². The highest BCUT2D eigenvalue weighted by Crippen LogP contribution is 2.14. The minimum Gasteiger partial charge on any atom is -0.399 e. The molecule has 0 atom stereocenters. The van der Waals surface area contributed by atoms with Gasteiger partial charge in [-0.1, -0.05) is 0 Å². The zero-order chi connectivity index (χ0) is 10.1. The van der Waals surface area contributed by atoms with Crippen molar-refractivity contribution in [2.24, 2.45) is 0 Å². The summed E-state index contributed by atoms with van der Waals surface area (Å²) in [5, 5.41) is 0. The molecule has 1 heterocycles. The predicted molar refractivity (Wildman–Crippen MR) is 57.1 cm³/mol. The van der Waals surface area contributed by atoms with Gasteiger partial charge in [0.25, 0.3) is 0 Å². The van der Waals surface area contributed by atoms with Crippen molar-refractivity contribution in [1.82, 2.24) is 9.55 Å². The lowest BCUT2D eigenvalue weighted by molar-refractivity contribution is 0.975. The molecule has 0 aliphatic carbocycles. The van der Waals surface area contributed by atoms with E-state index in [1.54, 1.807) is 6.20 Å². The Hall–Kier alpha value is -1.97. The molecule has 0 aliphatic heterocycles. The highest BCUT2D eigenvalue weighted by molar-refractivity contribution is 5.46. The molecule has 0 amide bonds. The SMILES string of the molecule is Cc1nc(N)cn1-c1ccc(N)cc1. The van der Waals surface area contributed by atoms with Crippen molar-refractivity contribution in [3.63, 3.8) is 0 Å². The first-order chi connectivity index (χ1) is 6.66. The molecule has 4 N–H and O–H groups in total. The zero-order valence-corrected chi connectivity index (χ0v) is 7.94. The highest BCUT2D eigenvalue weighted by atomic mass is 15.1. The number of imidazole rings is 1. The van der Waals surface area contributed by atoms with Crippen molar-refractivity contribution in [2.75, 3.05) is 11.5 Å². The van der Waals surface area contributed by atoms with E-state index in [0.29, 0.717) is 5.82 Å². The van der Waals surface area contributed by atoms with Gasteiger partial charge in [-0.3, -0.25) is 0 Å². The Balaban J connectivity index is 2.49. The fourth-order valence-corrected chi connectivity index (χ4v) is 1.39. The Morgan fingerprint density at radius 2 is 1.79 bits per heavy atom. The Morgan fingerprint density at radius 3 is 2.29 bits per heavy atom. The lowest BCUT2D eigenvalue weighted by Crippen LogP contribution is -1.95. The topological polar surface area (TPSA) is 69.9 Å². The van der Waals surface area contributed by atoms with Gasteiger partial charge in [-0.05, 0) is 31.2 Å². The Bertz CT molecular complexity index is 442. The second kappa shape index (κ2) is 3.06. The van der Waals surface area contributed by atoms with Crippen LogP contribution in [0.4, 0.5) is 11.5 Å². The molecule has 0 unspecified atom stereocenters. The minimum absolute atomic E-state index is 0.527. The van der Waals surface area contributed by atoms with Crippen molar-refractivity contribution < 1.29 is 0 Å². The second-order valence-electron chi connectivity index (χ2n) is 3.17. The fraction of sp³-hybridized carbons (Fsp3) is 0.100. The van der Waals surface area contributed by atoms with E-state index in [1.165, 1.54) is 0 Å². The molecular weight excluding hydrogens is 176 g/mol. The molecule has 1 aromatic carbocycles. The van der Waals surface area contributed by atoms with E-state index in [4.69, 9.17) is 11.5 Å². The number of rotatable bonds is 1. The van der Waals surface area contributed by atoms with Crippen LogP contribution >= 0.6 is 0 Å². The summed E-state index contributed by atoms with van der Waals surface area (Å²) in [7, 11) is 0. The fourth-order valence-electron chi connectivity index (χ4n) is 1.39. The number of nitrogens with two attached hydrogens (primary N) is 2. The zero-order valence-electron chi connectivity index (χ0n) is 7.94. The number of aromatic nitrogens is 2. The molecule has 14 heavy (non-hydrogen) atoms. The van der Waals surface area contributed by atoms with Crippen LogP contribution in [0, 0.1) is 6.92 Å². The molecule has 1 aromatic heterocycles. The van der Waals surface area contributed by atoms with Gasteiger partial charge >= 0.3 is 0 Å². The van der Waals surface area contributed by atoms with Crippen LogP contribution in [-0.2, 0) is 0 Å². The molecule has 0 spiro atoms. The number of nitrogens with zero attached hydrogens (tertiary/aromatic N) is 2. The van der Waals surface area contributed by atoms with E-state index >= 15 is 0 Å². The van der Waals surface area contributed by atoms with Crippen molar-refractivity contribution in [3.05, 3.63) is 36.3 Å². The van der Waals surface area contributed by atoms with Crippen LogP contribution < -0.4 is 11.5 Å². The molecular formula is C10H12N4. The molecule has 0 radical (unpaired) electrons. The van der Waals surface area contributed by atoms with Gasteiger partial charge in [0.2, 0.25) is 0 Å². The average Bonchev–Trinajstić information content (AvgIpc) is 2.47. The summed E-state index contributed by atoms with van der Waals surface area (Å²) < 4.78 is 1.93. The summed E-state index contributed by atoms with van der Waals surface area (Å²) >= 11 is 0. The molecule has 2 rings (SSSR count). The normalized spacial score (nSPS) is 10.4. The number of anilines is 2. The molecule has 2 aromatic rings. The van der Waals surface area contributed by atoms with Gasteiger partial charge in [0.05, 0.1) is 6.20 Å². The molecule has 0 bridgehead atoms. The molecule has 0 saturated heterocycles. The minimum atomic E-state index is 0.527. The lowest BCUT2D eigenvalue weighted by atomic mass is 10.3. The standard InChI is InChI=1S/C10H12N4/c1-7-13-10(12)6-14(7)9-4-2-8(11)3-5-9/h2-6H,11-12H2,1H3. The van der Waals surface area contributed by atoms with Crippen LogP contribution in [0.25, 0.3) is 5.69 Å². The van der Waals surface area contributed by atoms with Crippen LogP contribution in [0.5, 0.6) is 0 Å². The van der Waals surface area contributed by atoms with Crippen LogP contribution in [0.15, 0.2) is 30.5 Å². The van der Waals surface area contributed by atoms with E-state index in [1.807, 2.05) is 35.8 Å². The van der Waals surface area contributed by atoms with Gasteiger partial charge in [0, 0.05) is 11.4 Å². The highest BCUT2D eigenvalue weighted by Gasteiger charge is 2.02. The third kappa shape index (κ3) is 1.42. The number of hydrogen-bond donors (Lipinski definition) is 2. The van der Waals surface area contributed by atoms with Crippen LogP contribution in [0.3, 0.4) is 0 Å². The monoisotopic (exact) mass is 188 g/mol. The van der Waals surface area contributed by atoms with E-state index in [2.05, 4.69) is 4.98 Å². The van der Waals surface area contributed by atoms with Crippen LogP contribution in [-0.4, -0.2) is 9.55 Å². The van der Waals surface area contributed by atoms with Crippen molar-refractivity contribution in [3.8, 4) is 5.69 Å².